The number of carboxylic acids is 1. The molecule has 210 valence electrons. The summed E-state index contributed by atoms with van der Waals surface area (Å²) in [7, 11) is 0. The number of pyridine rings is 1. The first-order valence-corrected chi connectivity index (χ1v) is 14.6. The van der Waals surface area contributed by atoms with Crippen LogP contribution in [0.2, 0.25) is 0 Å². The summed E-state index contributed by atoms with van der Waals surface area (Å²) < 4.78 is 0. The minimum atomic E-state index is -0.935. The Labute approximate surface area is 237 Å². The smallest absolute Gasteiger partial charge is 0.312 e. The minimum absolute atomic E-state index is 0.0514. The van der Waals surface area contributed by atoms with Crippen molar-refractivity contribution < 1.29 is 14.7 Å². The molecule has 1 saturated heterocycles. The molecule has 1 fully saturated rings. The summed E-state index contributed by atoms with van der Waals surface area (Å²) in [6.45, 7) is 5.87. The number of nitrogens with one attached hydrogen (secondary N) is 2. The second kappa shape index (κ2) is 13.1. The molecule has 2 aliphatic rings. The van der Waals surface area contributed by atoms with E-state index in [1.165, 1.54) is 5.56 Å². The Morgan fingerprint density at radius 3 is 2.73 bits per heavy atom. The summed E-state index contributed by atoms with van der Waals surface area (Å²) in [5.74, 6) is -0.477. The summed E-state index contributed by atoms with van der Waals surface area (Å²) in [5.41, 5.74) is 5.12. The van der Waals surface area contributed by atoms with Crippen LogP contribution in [0, 0.1) is 11.8 Å². The van der Waals surface area contributed by atoms with E-state index >= 15 is 0 Å². The van der Waals surface area contributed by atoms with Crippen LogP contribution < -0.4 is 10.6 Å². The van der Waals surface area contributed by atoms with E-state index in [0.717, 1.165) is 74.4 Å². The zero-order valence-electron chi connectivity index (χ0n) is 23.3. The quantitative estimate of drug-likeness (QED) is 0.336. The summed E-state index contributed by atoms with van der Waals surface area (Å²) >= 11 is 0. The maximum atomic E-state index is 13.2. The van der Waals surface area contributed by atoms with E-state index in [9.17, 15) is 14.7 Å². The number of rotatable bonds is 10. The van der Waals surface area contributed by atoms with E-state index in [-0.39, 0.29) is 18.4 Å². The van der Waals surface area contributed by atoms with Crippen LogP contribution in [0.25, 0.3) is 11.1 Å². The molecule has 3 atom stereocenters. The number of carbonyl (C=O) groups is 2. The number of aromatic nitrogens is 1. The first kappa shape index (κ1) is 27.8. The van der Waals surface area contributed by atoms with Crippen molar-refractivity contribution in [1.29, 1.82) is 0 Å². The number of anilines is 1. The number of nitrogens with zero attached hydrogens (tertiary/aromatic N) is 2. The number of hydrogen-bond donors (Lipinski definition) is 3. The topological polar surface area (TPSA) is 94.6 Å². The zero-order chi connectivity index (χ0) is 27.9. The van der Waals surface area contributed by atoms with Gasteiger partial charge in [-0.2, -0.15) is 0 Å². The number of benzene rings is 2. The van der Waals surface area contributed by atoms with Gasteiger partial charge in [-0.05, 0) is 72.9 Å². The van der Waals surface area contributed by atoms with Crippen LogP contribution in [0.1, 0.15) is 48.9 Å². The summed E-state index contributed by atoms with van der Waals surface area (Å²) in [5, 5.41) is 16.4. The lowest BCUT2D eigenvalue weighted by Gasteiger charge is -2.36. The van der Waals surface area contributed by atoms with Crippen LogP contribution in [0.3, 0.4) is 0 Å². The summed E-state index contributed by atoms with van der Waals surface area (Å²) in [4.78, 5) is 32.6. The van der Waals surface area contributed by atoms with Crippen LogP contribution in [-0.4, -0.2) is 59.6 Å². The van der Waals surface area contributed by atoms with Crippen LogP contribution >= 0.6 is 0 Å². The van der Waals surface area contributed by atoms with Gasteiger partial charge in [-0.1, -0.05) is 67.6 Å². The van der Waals surface area contributed by atoms with Crippen molar-refractivity contribution in [3.63, 3.8) is 0 Å². The molecule has 7 heteroatoms. The normalized spacial score (nSPS) is 19.7. The van der Waals surface area contributed by atoms with Gasteiger partial charge in [0.2, 0.25) is 5.91 Å². The van der Waals surface area contributed by atoms with Gasteiger partial charge in [0.1, 0.15) is 5.82 Å². The van der Waals surface area contributed by atoms with Crippen LogP contribution in [0.4, 0.5) is 5.82 Å². The molecule has 0 aliphatic carbocycles. The van der Waals surface area contributed by atoms with E-state index in [4.69, 9.17) is 4.98 Å². The largest absolute Gasteiger partial charge is 0.481 e. The monoisotopic (exact) mass is 540 g/mol. The third kappa shape index (κ3) is 7.07. The minimum Gasteiger partial charge on any atom is -0.481 e. The van der Waals surface area contributed by atoms with Crippen molar-refractivity contribution in [2.24, 2.45) is 11.8 Å². The molecule has 0 bridgehead atoms. The van der Waals surface area contributed by atoms with E-state index in [1.54, 1.807) is 0 Å². The number of likely N-dealkylation sites (tertiary alicyclic amines) is 1. The number of aliphatic carboxylic acids is 1. The molecule has 7 nitrogen and oxygen atoms in total. The highest BCUT2D eigenvalue weighted by molar-refractivity contribution is 5.82. The Bertz CT molecular complexity index is 1310. The van der Waals surface area contributed by atoms with Crippen molar-refractivity contribution in [2.45, 2.75) is 44.9 Å². The molecule has 5 rings (SSSR count). The fourth-order valence-corrected chi connectivity index (χ4v) is 6.09. The Balaban J connectivity index is 1.14. The molecule has 0 radical (unpaired) electrons. The van der Waals surface area contributed by atoms with Gasteiger partial charge in [0, 0.05) is 31.9 Å². The maximum absolute atomic E-state index is 13.2. The van der Waals surface area contributed by atoms with E-state index < -0.39 is 11.9 Å². The third-order valence-electron chi connectivity index (χ3n) is 8.14. The standard InChI is InChI=1S/C33H40N4O3/c1-23-18-28(22-37(21-23)17-7-13-29-15-14-25-12-6-16-34-31(25)36-29)32(38)35-20-30(33(39)40)27-11-5-10-26(19-27)24-8-3-2-4-9-24/h2-5,8-11,14-15,19,23,28,30H,6-7,12-13,16-18,20-22H2,1H3,(H,34,36)(H,35,38)(H,39,40)/t23-,28+,30+/m0/s1. The molecule has 0 saturated carbocycles. The fraction of sp³-hybridized carbons (Fsp3) is 0.424. The van der Waals surface area contributed by atoms with Gasteiger partial charge in [-0.3, -0.25) is 9.59 Å². The van der Waals surface area contributed by atoms with Crippen molar-refractivity contribution >= 4 is 17.7 Å². The van der Waals surface area contributed by atoms with Crippen molar-refractivity contribution in [3.8, 4) is 11.1 Å². The molecule has 2 aromatic carbocycles. The average Bonchev–Trinajstić information content (AvgIpc) is 2.97. The Hall–Kier alpha value is -3.71. The number of hydrogen-bond acceptors (Lipinski definition) is 5. The summed E-state index contributed by atoms with van der Waals surface area (Å²) in [6.07, 6.45) is 4.98. The highest BCUT2D eigenvalue weighted by Gasteiger charge is 2.30. The van der Waals surface area contributed by atoms with Crippen LogP contribution in [-0.2, 0) is 22.4 Å². The number of piperidine rings is 1. The predicted octanol–water partition coefficient (Wildman–Crippen LogP) is 4.98. The zero-order valence-corrected chi connectivity index (χ0v) is 23.3. The highest BCUT2D eigenvalue weighted by atomic mass is 16.4. The molecular formula is C33H40N4O3. The van der Waals surface area contributed by atoms with Crippen molar-refractivity contribution in [3.05, 3.63) is 83.6 Å². The van der Waals surface area contributed by atoms with E-state index in [2.05, 4.69) is 34.6 Å². The number of fused-ring (bicyclic) bond motifs is 1. The molecule has 1 aromatic heterocycles. The Morgan fingerprint density at radius 1 is 1.07 bits per heavy atom. The van der Waals surface area contributed by atoms with Crippen LogP contribution in [0.5, 0.6) is 0 Å². The van der Waals surface area contributed by atoms with Gasteiger partial charge >= 0.3 is 5.97 Å². The number of amides is 1. The van der Waals surface area contributed by atoms with Gasteiger partial charge in [0.25, 0.3) is 0 Å². The van der Waals surface area contributed by atoms with Gasteiger partial charge in [-0.15, -0.1) is 0 Å². The summed E-state index contributed by atoms with van der Waals surface area (Å²) in [6, 6.07) is 21.9. The lowest BCUT2D eigenvalue weighted by atomic mass is 9.89. The Kier molecular flexibility index (Phi) is 9.12. The highest BCUT2D eigenvalue weighted by Crippen LogP contribution is 2.26. The molecule has 3 N–H and O–H groups in total. The second-order valence-electron chi connectivity index (χ2n) is 11.4. The first-order valence-electron chi connectivity index (χ1n) is 14.6. The third-order valence-corrected chi connectivity index (χ3v) is 8.14. The van der Waals surface area contributed by atoms with Gasteiger partial charge in [0.15, 0.2) is 0 Å². The average molecular weight is 541 g/mol. The molecule has 0 unspecified atom stereocenters. The van der Waals surface area contributed by atoms with Crippen molar-refractivity contribution in [1.82, 2.24) is 15.2 Å². The van der Waals surface area contributed by atoms with Crippen molar-refractivity contribution in [2.75, 3.05) is 38.0 Å². The van der Waals surface area contributed by atoms with E-state index in [0.29, 0.717) is 18.0 Å². The SMILES string of the molecule is C[C@H]1C[C@@H](C(=O)NC[C@@H](C(=O)O)c2cccc(-c3ccccc3)c2)CN(CCCc2ccc3c(n2)NCCC3)C1. The molecule has 2 aliphatic heterocycles. The number of carboxylic acid groups (broad SMARTS) is 1. The van der Waals surface area contributed by atoms with E-state index in [1.807, 2.05) is 54.6 Å². The van der Waals surface area contributed by atoms with Gasteiger partial charge in [0.05, 0.1) is 11.8 Å². The molecule has 1 amide bonds. The predicted molar refractivity (Wildman–Crippen MR) is 158 cm³/mol. The lowest BCUT2D eigenvalue weighted by molar-refractivity contribution is -0.138. The number of aryl methyl sites for hydroxylation is 2. The lowest BCUT2D eigenvalue weighted by Crippen LogP contribution is -2.47. The molecular weight excluding hydrogens is 500 g/mol. The number of carbonyl (C=O) groups excluding carboxylic acids is 1. The maximum Gasteiger partial charge on any atom is 0.312 e. The second-order valence-corrected chi connectivity index (χ2v) is 11.4. The van der Waals surface area contributed by atoms with Gasteiger partial charge in [-0.25, -0.2) is 4.98 Å². The molecule has 40 heavy (non-hydrogen) atoms. The molecule has 3 aromatic rings. The Morgan fingerprint density at radius 2 is 1.90 bits per heavy atom. The van der Waals surface area contributed by atoms with Gasteiger partial charge < -0.3 is 20.6 Å². The fourth-order valence-electron chi connectivity index (χ4n) is 6.09. The van der Waals surface area contributed by atoms with Crippen LogP contribution in [0.15, 0.2) is 66.7 Å². The first-order chi connectivity index (χ1) is 19.5. The molecule has 3 heterocycles. The molecule has 0 spiro atoms.